The van der Waals surface area contributed by atoms with Gasteiger partial charge in [0.05, 0.1) is 7.11 Å². The van der Waals surface area contributed by atoms with Gasteiger partial charge in [-0.05, 0) is 30.7 Å². The number of methoxy groups -OCH3 is 1. The molecular weight excluding hydrogens is 321 g/mol. The fraction of sp³-hybridized carbons (Fsp3) is 0.250. The van der Waals surface area contributed by atoms with Crippen LogP contribution in [0, 0.1) is 5.82 Å². The van der Waals surface area contributed by atoms with Crippen molar-refractivity contribution in [3.63, 3.8) is 0 Å². The minimum absolute atomic E-state index is 0.137. The molecule has 20 heavy (non-hydrogen) atoms. The summed E-state index contributed by atoms with van der Waals surface area (Å²) in [6.45, 7) is 2.51. The van der Waals surface area contributed by atoms with Crippen molar-refractivity contribution < 1.29 is 9.13 Å². The van der Waals surface area contributed by atoms with E-state index in [1.54, 1.807) is 18.2 Å². The number of rotatable bonds is 5. The summed E-state index contributed by atoms with van der Waals surface area (Å²) in [6, 6.07) is 13.4. The van der Waals surface area contributed by atoms with Crippen molar-refractivity contribution in [2.45, 2.75) is 19.5 Å². The normalized spacial score (nSPS) is 12.2. The molecule has 0 unspecified atom stereocenters. The molecule has 4 heteroatoms. The summed E-state index contributed by atoms with van der Waals surface area (Å²) in [5, 5.41) is 3.32. The van der Waals surface area contributed by atoms with Crippen LogP contribution in [-0.2, 0) is 6.54 Å². The molecule has 106 valence electrons. The molecule has 0 heterocycles. The highest BCUT2D eigenvalue weighted by Gasteiger charge is 2.10. The largest absolute Gasteiger partial charge is 0.494 e. The Kier molecular flexibility index (Phi) is 5.15. The molecule has 0 spiro atoms. The summed E-state index contributed by atoms with van der Waals surface area (Å²) in [4.78, 5) is 0. The van der Waals surface area contributed by atoms with E-state index in [-0.39, 0.29) is 17.6 Å². The van der Waals surface area contributed by atoms with Crippen molar-refractivity contribution in [1.82, 2.24) is 5.32 Å². The average molecular weight is 338 g/mol. The summed E-state index contributed by atoms with van der Waals surface area (Å²) in [7, 11) is 1.47. The predicted molar refractivity (Wildman–Crippen MR) is 82.3 cm³/mol. The summed E-state index contributed by atoms with van der Waals surface area (Å²) in [5.74, 6) is -0.0247. The van der Waals surface area contributed by atoms with Gasteiger partial charge in [0.2, 0.25) is 0 Å². The van der Waals surface area contributed by atoms with Gasteiger partial charge in [0, 0.05) is 22.6 Å². The zero-order valence-corrected chi connectivity index (χ0v) is 13.1. The summed E-state index contributed by atoms with van der Waals surface area (Å²) in [6.07, 6.45) is 0. The Morgan fingerprint density at radius 1 is 1.25 bits per heavy atom. The minimum Gasteiger partial charge on any atom is -0.494 e. The third-order valence-electron chi connectivity index (χ3n) is 3.21. The molecule has 1 atom stereocenters. The molecule has 0 aliphatic heterocycles. The first-order chi connectivity index (χ1) is 9.61. The lowest BCUT2D eigenvalue weighted by molar-refractivity contribution is 0.382. The van der Waals surface area contributed by atoms with Crippen molar-refractivity contribution in [2.75, 3.05) is 7.11 Å². The van der Waals surface area contributed by atoms with Gasteiger partial charge in [0.25, 0.3) is 0 Å². The monoisotopic (exact) mass is 337 g/mol. The van der Waals surface area contributed by atoms with Gasteiger partial charge in [0.1, 0.15) is 0 Å². The summed E-state index contributed by atoms with van der Waals surface area (Å²) < 4.78 is 20.0. The van der Waals surface area contributed by atoms with Gasteiger partial charge in [-0.1, -0.05) is 40.2 Å². The third-order valence-corrected chi connectivity index (χ3v) is 3.70. The maximum atomic E-state index is 14.0. The highest BCUT2D eigenvalue weighted by Crippen LogP contribution is 2.22. The zero-order valence-electron chi connectivity index (χ0n) is 11.5. The number of hydrogen-bond donors (Lipinski definition) is 1. The second kappa shape index (κ2) is 6.86. The van der Waals surface area contributed by atoms with Crippen LogP contribution in [0.15, 0.2) is 46.9 Å². The smallest absolute Gasteiger partial charge is 0.169 e. The predicted octanol–water partition coefficient (Wildman–Crippen LogP) is 4.45. The van der Waals surface area contributed by atoms with Crippen LogP contribution in [0.5, 0.6) is 5.75 Å². The van der Waals surface area contributed by atoms with Gasteiger partial charge in [-0.15, -0.1) is 0 Å². The molecule has 0 saturated carbocycles. The van der Waals surface area contributed by atoms with Crippen LogP contribution in [0.3, 0.4) is 0 Å². The van der Waals surface area contributed by atoms with Crippen LogP contribution in [0.4, 0.5) is 4.39 Å². The molecule has 0 bridgehead atoms. The van der Waals surface area contributed by atoms with Gasteiger partial charge in [-0.3, -0.25) is 0 Å². The molecule has 0 radical (unpaired) electrons. The fourth-order valence-electron chi connectivity index (χ4n) is 2.01. The van der Waals surface area contributed by atoms with Gasteiger partial charge in [0.15, 0.2) is 11.6 Å². The highest BCUT2D eigenvalue weighted by molar-refractivity contribution is 9.10. The molecule has 2 aromatic rings. The average Bonchev–Trinajstić information content (AvgIpc) is 2.46. The lowest BCUT2D eigenvalue weighted by Crippen LogP contribution is -2.18. The maximum Gasteiger partial charge on any atom is 0.169 e. The third kappa shape index (κ3) is 3.58. The number of nitrogens with one attached hydrogen (secondary N) is 1. The maximum absolute atomic E-state index is 14.0. The first kappa shape index (κ1) is 15.0. The van der Waals surface area contributed by atoms with E-state index in [0.717, 1.165) is 10.0 Å². The quantitative estimate of drug-likeness (QED) is 0.870. The molecule has 0 aliphatic carbocycles. The van der Waals surface area contributed by atoms with E-state index in [2.05, 4.69) is 34.2 Å². The topological polar surface area (TPSA) is 21.3 Å². The van der Waals surface area contributed by atoms with Crippen LogP contribution in [0.1, 0.15) is 24.1 Å². The number of benzene rings is 2. The Balaban J connectivity index is 2.05. The molecule has 0 aromatic heterocycles. The Hall–Kier alpha value is -1.39. The number of ether oxygens (including phenoxy) is 1. The first-order valence-electron chi connectivity index (χ1n) is 6.42. The van der Waals surface area contributed by atoms with Gasteiger partial charge >= 0.3 is 0 Å². The molecule has 2 rings (SSSR count). The molecule has 0 aliphatic rings. The van der Waals surface area contributed by atoms with Crippen LogP contribution >= 0.6 is 15.9 Å². The van der Waals surface area contributed by atoms with E-state index in [9.17, 15) is 4.39 Å². The molecule has 2 aromatic carbocycles. The number of halogens is 2. The highest BCUT2D eigenvalue weighted by atomic mass is 79.9. The van der Waals surface area contributed by atoms with Crippen molar-refractivity contribution in [2.24, 2.45) is 0 Å². The van der Waals surface area contributed by atoms with Crippen LogP contribution < -0.4 is 10.1 Å². The SMILES string of the molecule is COc1cccc(CN[C@H](C)c2cccc(Br)c2)c1F. The first-order valence-corrected chi connectivity index (χ1v) is 7.21. The Bertz CT molecular complexity index is 588. The van der Waals surface area contributed by atoms with Gasteiger partial charge < -0.3 is 10.1 Å². The van der Waals surface area contributed by atoms with E-state index in [1.807, 2.05) is 18.2 Å². The Morgan fingerprint density at radius 2 is 2.00 bits per heavy atom. The second-order valence-corrected chi connectivity index (χ2v) is 5.51. The fourth-order valence-corrected chi connectivity index (χ4v) is 2.42. The molecule has 1 N–H and O–H groups in total. The standard InChI is InChI=1S/C16H17BrFNO/c1-11(12-5-3-7-14(17)9-12)19-10-13-6-4-8-15(20-2)16(13)18/h3-9,11,19H,10H2,1-2H3/t11-/m1/s1. The van der Waals surface area contributed by atoms with E-state index in [0.29, 0.717) is 12.1 Å². The molecule has 0 fully saturated rings. The minimum atomic E-state index is -0.302. The van der Waals surface area contributed by atoms with Crippen molar-refractivity contribution >= 4 is 15.9 Å². The lowest BCUT2D eigenvalue weighted by Gasteiger charge is -2.15. The molecule has 2 nitrogen and oxygen atoms in total. The van der Waals surface area contributed by atoms with Crippen LogP contribution in [0.2, 0.25) is 0 Å². The van der Waals surface area contributed by atoms with E-state index in [1.165, 1.54) is 7.11 Å². The number of hydrogen-bond acceptors (Lipinski definition) is 2. The van der Waals surface area contributed by atoms with Crippen LogP contribution in [-0.4, -0.2) is 7.11 Å². The van der Waals surface area contributed by atoms with E-state index < -0.39 is 0 Å². The van der Waals surface area contributed by atoms with E-state index in [4.69, 9.17) is 4.74 Å². The van der Waals surface area contributed by atoms with Gasteiger partial charge in [-0.2, -0.15) is 0 Å². The van der Waals surface area contributed by atoms with Crippen molar-refractivity contribution in [1.29, 1.82) is 0 Å². The second-order valence-electron chi connectivity index (χ2n) is 4.59. The Morgan fingerprint density at radius 3 is 2.70 bits per heavy atom. The lowest BCUT2D eigenvalue weighted by atomic mass is 10.1. The van der Waals surface area contributed by atoms with Gasteiger partial charge in [-0.25, -0.2) is 4.39 Å². The van der Waals surface area contributed by atoms with Crippen molar-refractivity contribution in [3.05, 3.63) is 63.9 Å². The van der Waals surface area contributed by atoms with Crippen molar-refractivity contribution in [3.8, 4) is 5.75 Å². The summed E-state index contributed by atoms with van der Waals surface area (Å²) >= 11 is 3.45. The molecule has 0 amide bonds. The summed E-state index contributed by atoms with van der Waals surface area (Å²) in [5.41, 5.74) is 1.76. The zero-order chi connectivity index (χ0) is 14.5. The van der Waals surface area contributed by atoms with Crippen LogP contribution in [0.25, 0.3) is 0 Å². The van der Waals surface area contributed by atoms with E-state index >= 15 is 0 Å². The molecular formula is C16H17BrFNO. The Labute approximate surface area is 127 Å². The molecule has 0 saturated heterocycles.